The minimum absolute atomic E-state index is 0.00984. The standard InChI is InChI=1S/C13H12ClNO6/c1-7(16)20-11-4-3-9(5-12(11)21-8(2)17)10(18)6-15-13(14)19/h3-5H,6H2,1-2H3,(H,15,19). The summed E-state index contributed by atoms with van der Waals surface area (Å²) >= 11 is 5.06. The Bertz CT molecular complexity index is 598. The van der Waals surface area contributed by atoms with E-state index in [1.54, 1.807) is 0 Å². The molecule has 1 rings (SSSR count). The van der Waals surface area contributed by atoms with Gasteiger partial charge in [-0.15, -0.1) is 0 Å². The fourth-order valence-corrected chi connectivity index (χ4v) is 1.47. The molecule has 0 saturated carbocycles. The Morgan fingerprint density at radius 1 is 1.05 bits per heavy atom. The van der Waals surface area contributed by atoms with Crippen molar-refractivity contribution in [3.63, 3.8) is 0 Å². The van der Waals surface area contributed by atoms with Crippen LogP contribution in [0.3, 0.4) is 0 Å². The molecule has 0 heterocycles. The number of hydrogen-bond donors (Lipinski definition) is 1. The minimum Gasteiger partial charge on any atom is -0.423 e. The Morgan fingerprint density at radius 3 is 2.14 bits per heavy atom. The van der Waals surface area contributed by atoms with E-state index in [2.05, 4.69) is 5.32 Å². The molecular formula is C13H12ClNO6. The summed E-state index contributed by atoms with van der Waals surface area (Å²) in [4.78, 5) is 44.3. The van der Waals surface area contributed by atoms with Crippen molar-refractivity contribution in [1.82, 2.24) is 5.32 Å². The number of hydrogen-bond acceptors (Lipinski definition) is 6. The fraction of sp³-hybridized carbons (Fsp3) is 0.231. The Hall–Kier alpha value is -2.41. The number of nitrogens with one attached hydrogen (secondary N) is 1. The van der Waals surface area contributed by atoms with Gasteiger partial charge in [0.05, 0.1) is 6.54 Å². The average molecular weight is 314 g/mol. The number of carbonyl (C=O) groups excluding carboxylic acids is 4. The Labute approximate surface area is 125 Å². The van der Waals surface area contributed by atoms with E-state index >= 15 is 0 Å². The zero-order chi connectivity index (χ0) is 16.0. The van der Waals surface area contributed by atoms with E-state index < -0.39 is 23.1 Å². The van der Waals surface area contributed by atoms with Crippen molar-refractivity contribution < 1.29 is 28.7 Å². The monoisotopic (exact) mass is 313 g/mol. The van der Waals surface area contributed by atoms with E-state index in [-0.39, 0.29) is 23.6 Å². The molecular weight excluding hydrogens is 302 g/mol. The van der Waals surface area contributed by atoms with Gasteiger partial charge >= 0.3 is 17.3 Å². The summed E-state index contributed by atoms with van der Waals surface area (Å²) in [5, 5.41) is 1.27. The molecule has 0 aromatic heterocycles. The van der Waals surface area contributed by atoms with Crippen LogP contribution in [0.5, 0.6) is 11.5 Å². The molecule has 0 atom stereocenters. The molecule has 0 aliphatic carbocycles. The summed E-state index contributed by atoms with van der Waals surface area (Å²) in [7, 11) is 0. The van der Waals surface area contributed by atoms with Gasteiger partial charge in [-0.25, -0.2) is 0 Å². The van der Waals surface area contributed by atoms with E-state index in [0.29, 0.717) is 0 Å². The normalized spacial score (nSPS) is 9.67. The molecule has 21 heavy (non-hydrogen) atoms. The van der Waals surface area contributed by atoms with Crippen LogP contribution in [0.1, 0.15) is 24.2 Å². The lowest BCUT2D eigenvalue weighted by Gasteiger charge is -2.10. The molecule has 0 bridgehead atoms. The summed E-state index contributed by atoms with van der Waals surface area (Å²) in [6.45, 7) is 2.04. The highest BCUT2D eigenvalue weighted by Gasteiger charge is 2.15. The fourth-order valence-electron chi connectivity index (χ4n) is 1.41. The van der Waals surface area contributed by atoms with Crippen molar-refractivity contribution in [2.24, 2.45) is 0 Å². The van der Waals surface area contributed by atoms with Gasteiger partial charge in [0.15, 0.2) is 17.3 Å². The first kappa shape index (κ1) is 16.6. The second-order valence-electron chi connectivity index (χ2n) is 3.90. The third-order valence-electron chi connectivity index (χ3n) is 2.16. The summed E-state index contributed by atoms with van der Waals surface area (Å²) in [6.07, 6.45) is 0. The third-order valence-corrected chi connectivity index (χ3v) is 2.29. The molecule has 7 nitrogen and oxygen atoms in total. The maximum Gasteiger partial charge on any atom is 0.314 e. The molecule has 0 unspecified atom stereocenters. The van der Waals surface area contributed by atoms with Crippen molar-refractivity contribution >= 4 is 34.7 Å². The summed E-state index contributed by atoms with van der Waals surface area (Å²) in [5.41, 5.74) is 0.160. The predicted octanol–water partition coefficient (Wildman–Crippen LogP) is 1.67. The summed E-state index contributed by atoms with van der Waals surface area (Å²) in [6, 6.07) is 3.92. The second-order valence-corrected chi connectivity index (χ2v) is 4.24. The van der Waals surface area contributed by atoms with E-state index in [1.165, 1.54) is 32.0 Å². The SMILES string of the molecule is CC(=O)Oc1ccc(C(=O)CNC(=O)Cl)cc1OC(C)=O. The van der Waals surface area contributed by atoms with Gasteiger partial charge in [-0.05, 0) is 29.8 Å². The largest absolute Gasteiger partial charge is 0.423 e. The van der Waals surface area contributed by atoms with Crippen LogP contribution in [0.2, 0.25) is 0 Å². The van der Waals surface area contributed by atoms with E-state index in [1.807, 2.05) is 0 Å². The minimum atomic E-state index is -0.861. The predicted molar refractivity (Wildman–Crippen MR) is 72.6 cm³/mol. The molecule has 1 aromatic rings. The number of esters is 2. The van der Waals surface area contributed by atoms with Gasteiger partial charge in [0.2, 0.25) is 0 Å². The smallest absolute Gasteiger partial charge is 0.314 e. The van der Waals surface area contributed by atoms with Crippen LogP contribution < -0.4 is 14.8 Å². The molecule has 1 aromatic carbocycles. The van der Waals surface area contributed by atoms with E-state index in [9.17, 15) is 19.2 Å². The van der Waals surface area contributed by atoms with Crippen LogP contribution in [0, 0.1) is 0 Å². The number of ether oxygens (including phenoxy) is 2. The summed E-state index contributed by atoms with van der Waals surface area (Å²) < 4.78 is 9.74. The number of carbonyl (C=O) groups is 4. The van der Waals surface area contributed by atoms with Crippen LogP contribution in [0.15, 0.2) is 18.2 Å². The van der Waals surface area contributed by atoms with Crippen LogP contribution in [-0.4, -0.2) is 29.6 Å². The molecule has 0 spiro atoms. The molecule has 0 aliphatic heterocycles. The second kappa shape index (κ2) is 7.39. The average Bonchev–Trinajstić information content (AvgIpc) is 2.36. The highest BCUT2D eigenvalue weighted by molar-refractivity contribution is 6.63. The molecule has 0 saturated heterocycles. The van der Waals surface area contributed by atoms with Gasteiger partial charge in [0.1, 0.15) is 0 Å². The van der Waals surface area contributed by atoms with Gasteiger partial charge in [-0.1, -0.05) is 0 Å². The van der Waals surface area contributed by atoms with Crippen LogP contribution in [0.25, 0.3) is 0 Å². The van der Waals surface area contributed by atoms with Gasteiger partial charge in [0.25, 0.3) is 0 Å². The topological polar surface area (TPSA) is 98.8 Å². The third kappa shape index (κ3) is 5.62. The van der Waals surface area contributed by atoms with Crippen LogP contribution >= 0.6 is 11.6 Å². The number of Topliss-reactive ketones (excluding diaryl/α,β-unsaturated/α-hetero) is 1. The van der Waals surface area contributed by atoms with E-state index in [0.717, 1.165) is 0 Å². The number of halogens is 1. The maximum atomic E-state index is 11.8. The lowest BCUT2D eigenvalue weighted by atomic mass is 10.1. The van der Waals surface area contributed by atoms with Gasteiger partial charge < -0.3 is 14.8 Å². The lowest BCUT2D eigenvalue weighted by molar-refractivity contribution is -0.134. The van der Waals surface area contributed by atoms with Crippen LogP contribution in [0.4, 0.5) is 4.79 Å². The first-order valence-electron chi connectivity index (χ1n) is 5.77. The van der Waals surface area contributed by atoms with Gasteiger partial charge in [-0.3, -0.25) is 19.2 Å². The lowest BCUT2D eigenvalue weighted by Crippen LogP contribution is -2.25. The van der Waals surface area contributed by atoms with Crippen molar-refractivity contribution in [3.05, 3.63) is 23.8 Å². The zero-order valence-electron chi connectivity index (χ0n) is 11.3. The Morgan fingerprint density at radius 2 is 1.62 bits per heavy atom. The van der Waals surface area contributed by atoms with Crippen LogP contribution in [-0.2, 0) is 9.59 Å². The quantitative estimate of drug-likeness (QED) is 0.292. The van der Waals surface area contributed by atoms with E-state index in [4.69, 9.17) is 21.1 Å². The van der Waals surface area contributed by atoms with Crippen molar-refractivity contribution in [3.8, 4) is 11.5 Å². The molecule has 1 N–H and O–H groups in total. The molecule has 0 fully saturated rings. The number of rotatable bonds is 5. The highest BCUT2D eigenvalue weighted by atomic mass is 35.5. The van der Waals surface area contributed by atoms with Crippen molar-refractivity contribution in [2.75, 3.05) is 6.54 Å². The zero-order valence-corrected chi connectivity index (χ0v) is 12.0. The number of benzene rings is 1. The van der Waals surface area contributed by atoms with Gasteiger partial charge in [0, 0.05) is 19.4 Å². The maximum absolute atomic E-state index is 11.8. The Balaban J connectivity index is 3.02. The first-order chi connectivity index (χ1) is 9.79. The molecule has 1 amide bonds. The Kier molecular flexibility index (Phi) is 5.86. The molecule has 0 aliphatic rings. The highest BCUT2D eigenvalue weighted by Crippen LogP contribution is 2.29. The first-order valence-corrected chi connectivity index (χ1v) is 6.15. The molecule has 8 heteroatoms. The van der Waals surface area contributed by atoms with Crippen molar-refractivity contribution in [1.29, 1.82) is 0 Å². The number of ketones is 1. The van der Waals surface area contributed by atoms with Crippen molar-refractivity contribution in [2.45, 2.75) is 13.8 Å². The molecule has 0 radical (unpaired) electrons. The number of amides is 1. The molecule has 112 valence electrons. The summed E-state index contributed by atoms with van der Waals surface area (Å²) in [5.74, 6) is -1.75. The van der Waals surface area contributed by atoms with Gasteiger partial charge in [-0.2, -0.15) is 0 Å².